The molecule has 1 aliphatic carbocycles. The van der Waals surface area contributed by atoms with Crippen molar-refractivity contribution in [1.29, 1.82) is 0 Å². The molecule has 5 heteroatoms. The average molecular weight is 343 g/mol. The molecule has 1 aliphatic heterocycles. The van der Waals surface area contributed by atoms with Crippen LogP contribution in [0.15, 0.2) is 11.6 Å². The summed E-state index contributed by atoms with van der Waals surface area (Å²) in [7, 11) is 0. The fourth-order valence-electron chi connectivity index (χ4n) is 4.26. The van der Waals surface area contributed by atoms with Gasteiger partial charge in [-0.15, -0.1) is 0 Å². The largest absolute Gasteiger partial charge is 0.481 e. The molecule has 1 heterocycles. The van der Waals surface area contributed by atoms with E-state index < -0.39 is 5.97 Å². The molecule has 1 fully saturated rings. The number of carbonyl (C=O) groups is 2. The number of cyclic esters (lactones) is 1. The third-order valence-corrected chi connectivity index (χ3v) is 5.96. The topological polar surface area (TPSA) is 89.6 Å². The lowest BCUT2D eigenvalue weighted by atomic mass is 9.87. The third kappa shape index (κ3) is 2.92. The number of benzene rings is 1. The second-order valence-electron chi connectivity index (χ2n) is 7.21. The number of nitrogen functional groups attached to an aromatic ring is 1. The highest BCUT2D eigenvalue weighted by atomic mass is 16.5. The van der Waals surface area contributed by atoms with Gasteiger partial charge in [-0.3, -0.25) is 4.79 Å². The van der Waals surface area contributed by atoms with Gasteiger partial charge >= 0.3 is 11.9 Å². The van der Waals surface area contributed by atoms with Gasteiger partial charge in [-0.25, -0.2) is 4.79 Å². The second-order valence-corrected chi connectivity index (χ2v) is 7.21. The van der Waals surface area contributed by atoms with Crippen LogP contribution in [0.1, 0.15) is 58.8 Å². The van der Waals surface area contributed by atoms with Crippen LogP contribution in [0.3, 0.4) is 0 Å². The minimum atomic E-state index is -0.706. The van der Waals surface area contributed by atoms with Crippen LogP contribution in [0.25, 0.3) is 0 Å². The molecule has 0 saturated heterocycles. The number of esters is 1. The fraction of sp³-hybridized carbons (Fsp3) is 0.500. The number of hydrogen-bond acceptors (Lipinski definition) is 4. The quantitative estimate of drug-likeness (QED) is 0.496. The highest BCUT2D eigenvalue weighted by molar-refractivity contribution is 6.00. The summed E-state index contributed by atoms with van der Waals surface area (Å²) in [6, 6.07) is 0. The summed E-state index contributed by atoms with van der Waals surface area (Å²) in [5, 5.41) is 9.38. The zero-order valence-corrected chi connectivity index (χ0v) is 15.0. The molecular weight excluding hydrogens is 318 g/mol. The van der Waals surface area contributed by atoms with Gasteiger partial charge in [0.2, 0.25) is 0 Å². The number of hydrogen-bond donors (Lipinski definition) is 2. The first-order valence-electron chi connectivity index (χ1n) is 8.79. The molecule has 1 saturated carbocycles. The number of carboxylic acid groups (broad SMARTS) is 1. The Morgan fingerprint density at radius 1 is 1.28 bits per heavy atom. The zero-order valence-electron chi connectivity index (χ0n) is 15.0. The normalized spacial score (nSPS) is 22.8. The predicted molar refractivity (Wildman–Crippen MR) is 95.4 cm³/mol. The highest BCUT2D eigenvalue weighted by Crippen LogP contribution is 2.38. The van der Waals surface area contributed by atoms with E-state index in [1.54, 1.807) is 0 Å². The smallest absolute Gasteiger partial charge is 0.341 e. The van der Waals surface area contributed by atoms with E-state index in [1.165, 1.54) is 0 Å². The number of carbonyl (C=O) groups excluding carboxylic acids is 1. The molecule has 134 valence electrons. The summed E-state index contributed by atoms with van der Waals surface area (Å²) in [6.07, 6.45) is 5.31. The fourth-order valence-corrected chi connectivity index (χ4v) is 4.26. The summed E-state index contributed by atoms with van der Waals surface area (Å²) < 4.78 is 5.14. The lowest BCUT2D eigenvalue weighted by Crippen LogP contribution is -2.19. The molecule has 1 aromatic rings. The molecule has 2 unspecified atom stereocenters. The van der Waals surface area contributed by atoms with Gasteiger partial charge in [0.1, 0.15) is 6.61 Å². The van der Waals surface area contributed by atoms with Crippen molar-refractivity contribution in [2.75, 3.05) is 5.73 Å². The van der Waals surface area contributed by atoms with Crippen LogP contribution >= 0.6 is 0 Å². The minimum Gasteiger partial charge on any atom is -0.481 e. The number of nitrogens with two attached hydrogens (primary N) is 1. The number of allylic oxidation sites excluding steroid dienone is 2. The van der Waals surface area contributed by atoms with Crippen LogP contribution < -0.4 is 5.73 Å². The molecule has 2 atom stereocenters. The Kier molecular flexibility index (Phi) is 4.58. The predicted octanol–water partition coefficient (Wildman–Crippen LogP) is 3.55. The Balaban J connectivity index is 1.91. The van der Waals surface area contributed by atoms with E-state index >= 15 is 0 Å². The van der Waals surface area contributed by atoms with Crippen molar-refractivity contribution in [1.82, 2.24) is 0 Å². The Morgan fingerprint density at radius 2 is 1.96 bits per heavy atom. The Bertz CT molecular complexity index is 779. The van der Waals surface area contributed by atoms with Crippen LogP contribution in [0.4, 0.5) is 5.69 Å². The molecule has 3 N–H and O–H groups in total. The maximum absolute atomic E-state index is 12.0. The molecule has 5 nitrogen and oxygen atoms in total. The second kappa shape index (κ2) is 6.54. The number of rotatable bonds is 4. The number of carboxylic acids is 1. The first kappa shape index (κ1) is 17.5. The summed E-state index contributed by atoms with van der Waals surface area (Å²) in [4.78, 5) is 23.4. The van der Waals surface area contributed by atoms with E-state index in [1.807, 2.05) is 20.8 Å². The van der Waals surface area contributed by atoms with Gasteiger partial charge in [0.25, 0.3) is 0 Å². The van der Waals surface area contributed by atoms with E-state index in [-0.39, 0.29) is 17.8 Å². The van der Waals surface area contributed by atoms with Crippen LogP contribution in [0, 0.1) is 25.7 Å². The van der Waals surface area contributed by atoms with Crippen molar-refractivity contribution in [3.63, 3.8) is 0 Å². The van der Waals surface area contributed by atoms with E-state index in [4.69, 9.17) is 10.5 Å². The van der Waals surface area contributed by atoms with Crippen LogP contribution in [-0.4, -0.2) is 17.0 Å². The summed E-state index contributed by atoms with van der Waals surface area (Å²) in [5.74, 6) is -1.24. The van der Waals surface area contributed by atoms with E-state index in [9.17, 15) is 14.7 Å². The molecule has 0 radical (unpaired) electrons. The number of ether oxygens (including phenoxy) is 1. The summed E-state index contributed by atoms with van der Waals surface area (Å²) in [6.45, 7) is 6.31. The molecular formula is C20H25NO4. The summed E-state index contributed by atoms with van der Waals surface area (Å²) in [5.41, 5.74) is 12.4. The Hall–Kier alpha value is -2.30. The number of anilines is 1. The molecule has 2 aliphatic rings. The number of fused-ring (bicyclic) bond motifs is 1. The molecule has 25 heavy (non-hydrogen) atoms. The zero-order chi connectivity index (χ0) is 18.3. The SMILES string of the molecule is C/C(=C\Cc1c(C)c(C)c2c(c1N)C(=O)OC2)C1CCCC1C(=O)O. The van der Waals surface area contributed by atoms with Gasteiger partial charge in [0.15, 0.2) is 0 Å². The Labute approximate surface area is 147 Å². The molecule has 1 aromatic carbocycles. The van der Waals surface area contributed by atoms with Crippen LogP contribution in [0.2, 0.25) is 0 Å². The lowest BCUT2D eigenvalue weighted by Gasteiger charge is -2.18. The first-order valence-corrected chi connectivity index (χ1v) is 8.79. The maximum Gasteiger partial charge on any atom is 0.341 e. The number of aliphatic carboxylic acids is 1. The minimum absolute atomic E-state index is 0.0968. The van der Waals surface area contributed by atoms with Gasteiger partial charge in [-0.05, 0) is 62.6 Å². The Morgan fingerprint density at radius 3 is 2.64 bits per heavy atom. The van der Waals surface area contributed by atoms with E-state index in [0.29, 0.717) is 24.3 Å². The molecule has 0 amide bonds. The molecule has 0 aromatic heterocycles. The van der Waals surface area contributed by atoms with Crippen LogP contribution in [-0.2, 0) is 22.6 Å². The molecule has 3 rings (SSSR count). The van der Waals surface area contributed by atoms with Crippen molar-refractivity contribution in [3.8, 4) is 0 Å². The third-order valence-electron chi connectivity index (χ3n) is 5.96. The maximum atomic E-state index is 12.0. The van der Waals surface area contributed by atoms with E-state index in [0.717, 1.165) is 47.1 Å². The van der Waals surface area contributed by atoms with Gasteiger partial charge in [-0.2, -0.15) is 0 Å². The molecule has 0 spiro atoms. The standard InChI is InChI=1S/C20H25NO4/c1-10(13-5-4-6-15(13)19(22)23)7-8-14-11(2)12(3)16-9-25-20(24)17(16)18(14)21/h7,13,15H,4-6,8-9,21H2,1-3H3,(H,22,23)/b10-7+. The monoisotopic (exact) mass is 343 g/mol. The van der Waals surface area contributed by atoms with Crippen molar-refractivity contribution in [2.24, 2.45) is 11.8 Å². The molecule has 0 bridgehead atoms. The van der Waals surface area contributed by atoms with Gasteiger partial charge in [0, 0.05) is 5.56 Å². The van der Waals surface area contributed by atoms with Gasteiger partial charge < -0.3 is 15.6 Å². The van der Waals surface area contributed by atoms with Gasteiger partial charge in [-0.1, -0.05) is 18.1 Å². The highest BCUT2D eigenvalue weighted by Gasteiger charge is 2.34. The van der Waals surface area contributed by atoms with Crippen molar-refractivity contribution in [3.05, 3.63) is 39.5 Å². The first-order chi connectivity index (χ1) is 11.8. The van der Waals surface area contributed by atoms with Crippen molar-refractivity contribution < 1.29 is 19.4 Å². The summed E-state index contributed by atoms with van der Waals surface area (Å²) >= 11 is 0. The average Bonchev–Trinajstić information content (AvgIpc) is 3.19. The van der Waals surface area contributed by atoms with Crippen molar-refractivity contribution in [2.45, 2.75) is 53.1 Å². The van der Waals surface area contributed by atoms with Crippen molar-refractivity contribution >= 4 is 17.6 Å². The van der Waals surface area contributed by atoms with Gasteiger partial charge in [0.05, 0.1) is 17.2 Å². The lowest BCUT2D eigenvalue weighted by molar-refractivity contribution is -0.142. The van der Waals surface area contributed by atoms with E-state index in [2.05, 4.69) is 6.08 Å². The van der Waals surface area contributed by atoms with Crippen LogP contribution in [0.5, 0.6) is 0 Å².